The second-order valence-electron chi connectivity index (χ2n) is 3.67. The van der Waals surface area contributed by atoms with E-state index in [0.717, 1.165) is 6.92 Å². The summed E-state index contributed by atoms with van der Waals surface area (Å²) < 4.78 is 5.02. The summed E-state index contributed by atoms with van der Waals surface area (Å²) in [6.45, 7) is 0.453. The fraction of sp³-hybridized carbons (Fsp3) is 0.875. The number of nitrogens with zero attached hydrogens (tertiary/aromatic N) is 3. The molecule has 96 valence electrons. The maximum Gasteiger partial charge on any atom is 0.211 e. The predicted octanol–water partition coefficient (Wildman–Crippen LogP) is -0.698. The summed E-state index contributed by atoms with van der Waals surface area (Å²) in [5, 5.41) is 29.3. The Morgan fingerprint density at radius 1 is 1.59 bits per heavy atom. The van der Waals surface area contributed by atoms with Crippen LogP contribution in [0.4, 0.5) is 0 Å². The quantitative estimate of drug-likeness (QED) is 0.268. The van der Waals surface area contributed by atoms with Crippen molar-refractivity contribution in [3.63, 3.8) is 0 Å². The summed E-state index contributed by atoms with van der Waals surface area (Å²) in [7, 11) is 0. The number of aliphatic hydroxyl groups is 3. The SMILES string of the molecule is CC(=O)[C@@]1(Cl)O[C@H](CO)[C@H](O)[C@H](O)[C@H]1N=[N+]=[N-]. The number of hydrogen-bond acceptors (Lipinski definition) is 6. The second-order valence-corrected chi connectivity index (χ2v) is 4.23. The Hall–Kier alpha value is -0.890. The molecular formula is C8H12ClN3O5. The van der Waals surface area contributed by atoms with Gasteiger partial charge in [-0.1, -0.05) is 16.7 Å². The van der Waals surface area contributed by atoms with Crippen LogP contribution in [0.5, 0.6) is 0 Å². The highest BCUT2D eigenvalue weighted by molar-refractivity contribution is 6.34. The normalized spacial score (nSPS) is 41.7. The van der Waals surface area contributed by atoms with Gasteiger partial charge < -0.3 is 20.1 Å². The van der Waals surface area contributed by atoms with E-state index in [0.29, 0.717) is 0 Å². The number of carbonyl (C=O) groups excluding carboxylic acids is 1. The zero-order chi connectivity index (χ0) is 13.2. The highest BCUT2D eigenvalue weighted by atomic mass is 35.5. The lowest BCUT2D eigenvalue weighted by atomic mass is 9.91. The standard InChI is InChI=1S/C8H12ClN3O5/c1-3(14)8(9)7(11-12-10)6(16)5(15)4(2-13)17-8/h4-7,13,15-16H,2H2,1H3/t4-,5+,6+,7-,8-/m1/s1. The molecule has 0 spiro atoms. The van der Waals surface area contributed by atoms with E-state index in [1.54, 1.807) is 0 Å². The van der Waals surface area contributed by atoms with Crippen LogP contribution in [0.1, 0.15) is 6.92 Å². The number of alkyl halides is 1. The molecule has 3 N–H and O–H groups in total. The summed E-state index contributed by atoms with van der Waals surface area (Å²) in [4.78, 5) is 13.9. The van der Waals surface area contributed by atoms with E-state index >= 15 is 0 Å². The Bertz CT molecular complexity index is 361. The zero-order valence-corrected chi connectivity index (χ0v) is 9.65. The summed E-state index contributed by atoms with van der Waals surface area (Å²) in [5.41, 5.74) is 8.35. The second kappa shape index (κ2) is 5.18. The Morgan fingerprint density at radius 3 is 2.59 bits per heavy atom. The van der Waals surface area contributed by atoms with Gasteiger partial charge in [0.05, 0.1) is 12.7 Å². The maximum absolute atomic E-state index is 11.4. The van der Waals surface area contributed by atoms with Crippen LogP contribution in [-0.2, 0) is 9.53 Å². The molecule has 1 heterocycles. The van der Waals surface area contributed by atoms with Gasteiger partial charge in [0.25, 0.3) is 0 Å². The van der Waals surface area contributed by atoms with Gasteiger partial charge >= 0.3 is 0 Å². The van der Waals surface area contributed by atoms with Gasteiger partial charge in [0.15, 0.2) is 5.78 Å². The largest absolute Gasteiger partial charge is 0.394 e. The van der Waals surface area contributed by atoms with Gasteiger partial charge in [0, 0.05) is 4.91 Å². The van der Waals surface area contributed by atoms with Gasteiger partial charge in [0.2, 0.25) is 5.06 Å². The molecule has 9 heteroatoms. The van der Waals surface area contributed by atoms with Gasteiger partial charge in [-0.05, 0) is 12.5 Å². The van der Waals surface area contributed by atoms with E-state index in [2.05, 4.69) is 10.0 Å². The lowest BCUT2D eigenvalue weighted by Crippen LogP contribution is -2.64. The van der Waals surface area contributed by atoms with Crippen LogP contribution in [-0.4, -0.2) is 57.1 Å². The summed E-state index contributed by atoms with van der Waals surface area (Å²) in [6, 6.07) is -1.47. The van der Waals surface area contributed by atoms with Gasteiger partial charge in [-0.2, -0.15) is 0 Å². The van der Waals surface area contributed by atoms with Crippen molar-refractivity contribution in [3.8, 4) is 0 Å². The third kappa shape index (κ3) is 2.37. The van der Waals surface area contributed by atoms with E-state index in [1.807, 2.05) is 0 Å². The highest BCUT2D eigenvalue weighted by Crippen LogP contribution is 2.36. The van der Waals surface area contributed by atoms with Crippen molar-refractivity contribution in [1.82, 2.24) is 0 Å². The molecule has 0 saturated carbocycles. The van der Waals surface area contributed by atoms with Crippen LogP contribution in [0.15, 0.2) is 5.11 Å². The first-order chi connectivity index (χ1) is 7.88. The first kappa shape index (κ1) is 14.2. The molecule has 17 heavy (non-hydrogen) atoms. The van der Waals surface area contributed by atoms with Crippen molar-refractivity contribution in [1.29, 1.82) is 0 Å². The van der Waals surface area contributed by atoms with Crippen molar-refractivity contribution in [2.45, 2.75) is 36.3 Å². The first-order valence-electron chi connectivity index (χ1n) is 4.77. The highest BCUT2D eigenvalue weighted by Gasteiger charge is 2.55. The molecule has 1 aliphatic heterocycles. The molecular weight excluding hydrogens is 254 g/mol. The molecule has 5 atom stereocenters. The van der Waals surface area contributed by atoms with Gasteiger partial charge in [-0.15, -0.1) is 0 Å². The van der Waals surface area contributed by atoms with Crippen molar-refractivity contribution < 1.29 is 24.9 Å². The van der Waals surface area contributed by atoms with Crippen LogP contribution < -0.4 is 0 Å². The molecule has 0 aromatic carbocycles. The van der Waals surface area contributed by atoms with Crippen LogP contribution >= 0.6 is 11.6 Å². The lowest BCUT2D eigenvalue weighted by molar-refractivity contribution is -0.203. The van der Waals surface area contributed by atoms with E-state index in [1.165, 1.54) is 0 Å². The summed E-state index contributed by atoms with van der Waals surface area (Å²) >= 11 is 5.87. The number of rotatable bonds is 3. The van der Waals surface area contributed by atoms with Crippen molar-refractivity contribution in [2.24, 2.45) is 5.11 Å². The minimum Gasteiger partial charge on any atom is -0.394 e. The first-order valence-corrected chi connectivity index (χ1v) is 5.15. The third-order valence-corrected chi connectivity index (χ3v) is 3.17. The molecule has 0 radical (unpaired) electrons. The average molecular weight is 266 g/mol. The number of ether oxygens (including phenoxy) is 1. The predicted molar refractivity (Wildman–Crippen MR) is 56.2 cm³/mol. The van der Waals surface area contributed by atoms with Crippen molar-refractivity contribution in [2.75, 3.05) is 6.61 Å². The topological polar surface area (TPSA) is 136 Å². The summed E-state index contributed by atoms with van der Waals surface area (Å²) in [5.74, 6) is -0.694. The number of halogens is 1. The number of hydrogen-bond donors (Lipinski definition) is 3. The minimum atomic E-state index is -2.09. The molecule has 0 aliphatic carbocycles. The molecule has 0 unspecified atom stereocenters. The third-order valence-electron chi connectivity index (χ3n) is 2.59. The molecule has 1 saturated heterocycles. The molecule has 1 aliphatic rings. The monoisotopic (exact) mass is 265 g/mol. The Kier molecular flexibility index (Phi) is 4.31. The molecule has 0 amide bonds. The number of carbonyl (C=O) groups is 1. The Balaban J connectivity index is 3.16. The molecule has 0 aromatic heterocycles. The fourth-order valence-electron chi connectivity index (χ4n) is 1.62. The smallest absolute Gasteiger partial charge is 0.211 e. The van der Waals surface area contributed by atoms with Gasteiger partial charge in [0.1, 0.15) is 18.2 Å². The van der Waals surface area contributed by atoms with Crippen molar-refractivity contribution in [3.05, 3.63) is 10.4 Å². The van der Waals surface area contributed by atoms with Crippen LogP contribution in [0, 0.1) is 0 Å². The summed E-state index contributed by atoms with van der Waals surface area (Å²) in [6.07, 6.45) is -4.32. The van der Waals surface area contributed by atoms with Crippen LogP contribution in [0.3, 0.4) is 0 Å². The lowest BCUT2D eigenvalue weighted by Gasteiger charge is -2.44. The van der Waals surface area contributed by atoms with Crippen LogP contribution in [0.25, 0.3) is 10.4 Å². The molecule has 1 fully saturated rings. The maximum atomic E-state index is 11.4. The van der Waals surface area contributed by atoms with Crippen molar-refractivity contribution >= 4 is 17.4 Å². The Morgan fingerprint density at radius 2 is 2.18 bits per heavy atom. The molecule has 8 nitrogen and oxygen atoms in total. The van der Waals surface area contributed by atoms with Gasteiger partial charge in [-0.25, -0.2) is 0 Å². The van der Waals surface area contributed by atoms with E-state index in [9.17, 15) is 15.0 Å². The number of ketones is 1. The number of azide groups is 1. The minimum absolute atomic E-state index is 0.636. The number of Topliss-reactive ketones (excluding diaryl/α,β-unsaturated/α-hetero) is 1. The molecule has 1 rings (SSSR count). The van der Waals surface area contributed by atoms with Crippen LogP contribution in [0.2, 0.25) is 0 Å². The van der Waals surface area contributed by atoms with E-state index in [-0.39, 0.29) is 0 Å². The van der Waals surface area contributed by atoms with E-state index in [4.69, 9.17) is 27.0 Å². The molecule has 0 aromatic rings. The zero-order valence-electron chi connectivity index (χ0n) is 8.89. The van der Waals surface area contributed by atoms with Gasteiger partial charge in [-0.3, -0.25) is 4.79 Å². The fourth-order valence-corrected chi connectivity index (χ4v) is 1.91. The molecule has 0 bridgehead atoms. The van der Waals surface area contributed by atoms with E-state index < -0.39 is 41.8 Å². The Labute approximate surface area is 101 Å². The average Bonchev–Trinajstić information content (AvgIpc) is 2.29. The number of aliphatic hydroxyl groups excluding tert-OH is 3.